The maximum atomic E-state index is 12.8. The molecule has 0 unspecified atom stereocenters. The fraction of sp³-hybridized carbons (Fsp3) is 0.571. The maximum absolute atomic E-state index is 12.8. The van der Waals surface area contributed by atoms with E-state index < -0.39 is 5.54 Å². The van der Waals surface area contributed by atoms with Crippen molar-refractivity contribution in [1.29, 1.82) is 0 Å². The van der Waals surface area contributed by atoms with Crippen LogP contribution < -0.4 is 4.74 Å². The van der Waals surface area contributed by atoms with Crippen LogP contribution in [0.3, 0.4) is 0 Å². The van der Waals surface area contributed by atoms with E-state index in [1.54, 1.807) is 16.8 Å². The number of carbonyl (C=O) groups excluding carboxylic acids is 3. The van der Waals surface area contributed by atoms with E-state index in [9.17, 15) is 14.4 Å². The molecule has 0 N–H and O–H groups in total. The minimum Gasteiger partial charge on any atom is -0.484 e. The molecule has 3 rings (SSSR count). The molecule has 152 valence electrons. The number of benzene rings is 1. The van der Waals surface area contributed by atoms with Crippen molar-refractivity contribution in [2.24, 2.45) is 5.92 Å². The molecule has 4 amide bonds. The molecule has 1 aromatic rings. The van der Waals surface area contributed by atoms with Crippen LogP contribution in [0.1, 0.15) is 32.3 Å². The van der Waals surface area contributed by atoms with Gasteiger partial charge in [0.2, 0.25) is 0 Å². The van der Waals surface area contributed by atoms with E-state index in [2.05, 4.69) is 0 Å². The van der Waals surface area contributed by atoms with Gasteiger partial charge in [0.15, 0.2) is 6.61 Å². The van der Waals surface area contributed by atoms with Gasteiger partial charge >= 0.3 is 6.03 Å². The molecule has 2 saturated heterocycles. The molecule has 7 nitrogen and oxygen atoms in total. The molecule has 0 bridgehead atoms. The third kappa shape index (κ3) is 3.57. The number of amides is 4. The second-order valence-corrected chi connectivity index (χ2v) is 8.12. The van der Waals surface area contributed by atoms with Crippen LogP contribution in [-0.2, 0) is 9.59 Å². The zero-order valence-corrected chi connectivity index (χ0v) is 17.1. The number of rotatable bonds is 5. The molecule has 2 aliphatic heterocycles. The first kappa shape index (κ1) is 20.2. The number of likely N-dealkylation sites (N-methyl/N-ethyl adjacent to an activating group) is 1. The van der Waals surface area contributed by atoms with Gasteiger partial charge in [0, 0.05) is 26.7 Å². The predicted molar refractivity (Wildman–Crippen MR) is 105 cm³/mol. The van der Waals surface area contributed by atoms with E-state index in [0.29, 0.717) is 38.2 Å². The molecule has 0 aliphatic carbocycles. The number of nitrogens with zero attached hydrogens (tertiary/aromatic N) is 3. The summed E-state index contributed by atoms with van der Waals surface area (Å²) in [5.74, 6) is 0.716. The highest BCUT2D eigenvalue weighted by Gasteiger charge is 2.57. The lowest BCUT2D eigenvalue weighted by atomic mass is 9.85. The van der Waals surface area contributed by atoms with Crippen LogP contribution in [0.5, 0.6) is 5.75 Å². The number of aryl methyl sites for hydroxylation is 1. The van der Waals surface area contributed by atoms with Crippen LogP contribution in [0.25, 0.3) is 0 Å². The third-order valence-corrected chi connectivity index (χ3v) is 5.67. The van der Waals surface area contributed by atoms with E-state index in [4.69, 9.17) is 4.74 Å². The van der Waals surface area contributed by atoms with Gasteiger partial charge in [-0.3, -0.25) is 14.5 Å². The topological polar surface area (TPSA) is 70.2 Å². The van der Waals surface area contributed by atoms with Crippen molar-refractivity contribution in [3.63, 3.8) is 0 Å². The summed E-state index contributed by atoms with van der Waals surface area (Å²) in [6, 6.07) is 7.35. The number of urea groups is 1. The minimum atomic E-state index is -0.816. The molecular weight excluding hydrogens is 358 g/mol. The number of imide groups is 1. The number of hydrogen-bond acceptors (Lipinski definition) is 4. The van der Waals surface area contributed by atoms with Gasteiger partial charge in [-0.1, -0.05) is 32.0 Å². The van der Waals surface area contributed by atoms with Crippen LogP contribution in [0.15, 0.2) is 24.3 Å². The van der Waals surface area contributed by atoms with Crippen LogP contribution in [0, 0.1) is 12.8 Å². The van der Waals surface area contributed by atoms with E-state index in [-0.39, 0.29) is 30.4 Å². The van der Waals surface area contributed by atoms with Gasteiger partial charge in [0.05, 0.1) is 0 Å². The Morgan fingerprint density at radius 3 is 2.43 bits per heavy atom. The van der Waals surface area contributed by atoms with Crippen LogP contribution in [0.4, 0.5) is 4.79 Å². The van der Waals surface area contributed by atoms with Crippen molar-refractivity contribution in [3.05, 3.63) is 29.8 Å². The Hall–Kier alpha value is -2.57. The van der Waals surface area contributed by atoms with Crippen LogP contribution in [-0.4, -0.2) is 71.4 Å². The molecule has 1 aromatic carbocycles. The molecule has 0 saturated carbocycles. The summed E-state index contributed by atoms with van der Waals surface area (Å²) in [5.41, 5.74) is 0.166. The Labute approximate surface area is 166 Å². The fourth-order valence-corrected chi connectivity index (χ4v) is 4.06. The van der Waals surface area contributed by atoms with Gasteiger partial charge in [-0.2, -0.15) is 0 Å². The van der Waals surface area contributed by atoms with Gasteiger partial charge in [-0.15, -0.1) is 0 Å². The Kier molecular flexibility index (Phi) is 5.63. The SMILES string of the molecule is Cc1ccccc1OCC(=O)N1CCC2(CC1)C(=O)N(C)C(=O)N2CC(C)C. The summed E-state index contributed by atoms with van der Waals surface area (Å²) in [7, 11) is 1.54. The second kappa shape index (κ2) is 7.81. The van der Waals surface area contributed by atoms with E-state index >= 15 is 0 Å². The van der Waals surface area contributed by atoms with Crippen molar-refractivity contribution in [2.45, 2.75) is 39.2 Å². The summed E-state index contributed by atoms with van der Waals surface area (Å²) in [5, 5.41) is 0. The summed E-state index contributed by atoms with van der Waals surface area (Å²) in [6.07, 6.45) is 0.926. The smallest absolute Gasteiger partial charge is 0.327 e. The Balaban J connectivity index is 1.64. The zero-order valence-electron chi connectivity index (χ0n) is 17.1. The molecule has 2 fully saturated rings. The Bertz CT molecular complexity index is 769. The molecule has 0 radical (unpaired) electrons. The monoisotopic (exact) mass is 387 g/mol. The van der Waals surface area contributed by atoms with Gasteiger partial charge in [-0.05, 0) is 37.3 Å². The average molecular weight is 387 g/mol. The zero-order chi connectivity index (χ0) is 20.5. The molecule has 1 spiro atoms. The highest BCUT2D eigenvalue weighted by molar-refractivity contribution is 6.07. The van der Waals surface area contributed by atoms with E-state index in [1.807, 2.05) is 45.0 Å². The number of carbonyl (C=O) groups is 3. The summed E-state index contributed by atoms with van der Waals surface area (Å²) in [4.78, 5) is 42.7. The number of hydrogen-bond donors (Lipinski definition) is 0. The lowest BCUT2D eigenvalue weighted by Crippen LogP contribution is -2.58. The molecule has 2 heterocycles. The van der Waals surface area contributed by atoms with Crippen molar-refractivity contribution < 1.29 is 19.1 Å². The first-order valence-corrected chi connectivity index (χ1v) is 9.82. The van der Waals surface area contributed by atoms with Gasteiger partial charge < -0.3 is 14.5 Å². The Morgan fingerprint density at radius 1 is 1.18 bits per heavy atom. The Morgan fingerprint density at radius 2 is 1.82 bits per heavy atom. The standard InChI is InChI=1S/C21H29N3O4/c1-15(2)13-24-20(27)22(4)19(26)21(24)9-11-23(12-10-21)18(25)14-28-17-8-6-5-7-16(17)3/h5-8,15H,9-14H2,1-4H3. The highest BCUT2D eigenvalue weighted by Crippen LogP contribution is 2.37. The van der Waals surface area contributed by atoms with Crippen LogP contribution >= 0.6 is 0 Å². The molecule has 0 aromatic heterocycles. The van der Waals surface area contributed by atoms with Crippen molar-refractivity contribution in [1.82, 2.24) is 14.7 Å². The molecule has 0 atom stereocenters. The lowest BCUT2D eigenvalue weighted by Gasteiger charge is -2.42. The summed E-state index contributed by atoms with van der Waals surface area (Å²) < 4.78 is 5.67. The summed E-state index contributed by atoms with van der Waals surface area (Å²) in [6.45, 7) is 7.40. The maximum Gasteiger partial charge on any atom is 0.327 e. The van der Waals surface area contributed by atoms with Gasteiger partial charge in [0.1, 0.15) is 11.3 Å². The van der Waals surface area contributed by atoms with E-state index in [1.165, 1.54) is 4.90 Å². The van der Waals surface area contributed by atoms with Crippen molar-refractivity contribution >= 4 is 17.8 Å². The normalized spacial score (nSPS) is 19.1. The first-order valence-electron chi connectivity index (χ1n) is 9.82. The van der Waals surface area contributed by atoms with Crippen molar-refractivity contribution in [2.75, 3.05) is 33.3 Å². The lowest BCUT2D eigenvalue weighted by molar-refractivity contribution is -0.141. The number of para-hydroxylation sites is 1. The first-order chi connectivity index (χ1) is 13.3. The van der Waals surface area contributed by atoms with Crippen molar-refractivity contribution in [3.8, 4) is 5.75 Å². The molecule has 28 heavy (non-hydrogen) atoms. The van der Waals surface area contributed by atoms with Crippen LogP contribution in [0.2, 0.25) is 0 Å². The molecular formula is C21H29N3O4. The number of ether oxygens (including phenoxy) is 1. The highest BCUT2D eigenvalue weighted by atomic mass is 16.5. The third-order valence-electron chi connectivity index (χ3n) is 5.67. The average Bonchev–Trinajstić information content (AvgIpc) is 2.84. The van der Waals surface area contributed by atoms with Gasteiger partial charge in [-0.25, -0.2) is 4.79 Å². The second-order valence-electron chi connectivity index (χ2n) is 8.12. The quantitative estimate of drug-likeness (QED) is 0.727. The fourth-order valence-electron chi connectivity index (χ4n) is 4.06. The van der Waals surface area contributed by atoms with E-state index in [0.717, 1.165) is 5.56 Å². The predicted octanol–water partition coefficient (Wildman–Crippen LogP) is 2.29. The summed E-state index contributed by atoms with van der Waals surface area (Å²) >= 11 is 0. The largest absolute Gasteiger partial charge is 0.484 e. The molecule has 2 aliphatic rings. The molecule has 7 heteroatoms. The number of piperidine rings is 1. The van der Waals surface area contributed by atoms with Gasteiger partial charge in [0.25, 0.3) is 11.8 Å². The number of likely N-dealkylation sites (tertiary alicyclic amines) is 1. The minimum absolute atomic E-state index is 0.0274.